The van der Waals surface area contributed by atoms with Crippen LogP contribution in [0.15, 0.2) is 53.4 Å². The molecule has 1 amide bonds. The van der Waals surface area contributed by atoms with Gasteiger partial charge in [0.2, 0.25) is 5.96 Å². The van der Waals surface area contributed by atoms with Crippen LogP contribution in [0.5, 0.6) is 0 Å². The number of amides is 1. The van der Waals surface area contributed by atoms with Crippen molar-refractivity contribution in [3.63, 3.8) is 0 Å². The lowest BCUT2D eigenvalue weighted by Crippen LogP contribution is -2.54. The monoisotopic (exact) mass is 340 g/mol. The Morgan fingerprint density at radius 3 is 3.08 bits per heavy atom. The number of aromatic amines is 1. The highest BCUT2D eigenvalue weighted by molar-refractivity contribution is 6.06. The molecule has 25 heavy (non-hydrogen) atoms. The van der Waals surface area contributed by atoms with Gasteiger partial charge in [0.05, 0.1) is 23.8 Å². The van der Waals surface area contributed by atoms with Gasteiger partial charge in [-0.05, 0) is 25.1 Å². The van der Waals surface area contributed by atoms with Crippen molar-refractivity contribution in [1.29, 1.82) is 0 Å². The Morgan fingerprint density at radius 2 is 2.36 bits per heavy atom. The summed E-state index contributed by atoms with van der Waals surface area (Å²) >= 11 is 0. The lowest BCUT2D eigenvalue weighted by Gasteiger charge is -2.37. The van der Waals surface area contributed by atoms with Gasteiger partial charge in [-0.15, -0.1) is 11.7 Å². The Balaban J connectivity index is 1.88. The molecule has 1 aromatic carbocycles. The number of benzene rings is 1. The van der Waals surface area contributed by atoms with E-state index in [4.69, 9.17) is 11.7 Å². The Labute approximate surface area is 144 Å². The van der Waals surface area contributed by atoms with Crippen LogP contribution in [0.3, 0.4) is 0 Å². The Morgan fingerprint density at radius 1 is 1.56 bits per heavy atom. The number of anilines is 1. The Kier molecular flexibility index (Phi) is 4.40. The second-order valence-electron chi connectivity index (χ2n) is 5.65. The van der Waals surface area contributed by atoms with Crippen molar-refractivity contribution in [3.05, 3.63) is 48.3 Å². The number of nitrogens with zero attached hydrogens (tertiary/aromatic N) is 4. The van der Waals surface area contributed by atoms with Crippen LogP contribution in [0.4, 0.5) is 5.69 Å². The van der Waals surface area contributed by atoms with E-state index in [1.54, 1.807) is 17.2 Å². The number of guanidine groups is 1. The molecule has 0 unspecified atom stereocenters. The summed E-state index contributed by atoms with van der Waals surface area (Å²) in [4.78, 5) is 14.5. The Bertz CT molecular complexity index is 881. The van der Waals surface area contributed by atoms with E-state index in [0.717, 1.165) is 16.6 Å². The normalized spacial score (nSPS) is 16.6. The van der Waals surface area contributed by atoms with Gasteiger partial charge in [0, 0.05) is 23.3 Å². The van der Waals surface area contributed by atoms with Crippen molar-refractivity contribution in [2.45, 2.75) is 6.92 Å². The molecule has 0 spiro atoms. The number of carbonyl (C=O) groups excluding carboxylic acids is 1. The van der Waals surface area contributed by atoms with Crippen LogP contribution < -0.4 is 17.0 Å². The van der Waals surface area contributed by atoms with Crippen molar-refractivity contribution >= 4 is 28.5 Å². The van der Waals surface area contributed by atoms with Crippen LogP contribution >= 0.6 is 0 Å². The number of hydrazone groups is 1. The summed E-state index contributed by atoms with van der Waals surface area (Å²) < 4.78 is 0. The smallest absolute Gasteiger partial charge is 0.255 e. The number of nitrogens with one attached hydrogen (secondary N) is 2. The molecule has 1 aromatic heterocycles. The average molecular weight is 340 g/mol. The Hall–Kier alpha value is -3.33. The molecule has 9 heteroatoms. The van der Waals surface area contributed by atoms with E-state index in [1.165, 1.54) is 5.01 Å². The number of hydrazine groups is 1. The highest BCUT2D eigenvalue weighted by Gasteiger charge is 2.29. The molecule has 1 aliphatic rings. The SMILES string of the molecule is C=CCN1C(C)=C(C(=O)Nc2ccc3[nH]ncc3c2)CN(N)/C1=N\N. The number of fused-ring (bicyclic) bond motifs is 1. The van der Waals surface area contributed by atoms with Gasteiger partial charge in [-0.2, -0.15) is 5.10 Å². The maximum Gasteiger partial charge on any atom is 0.255 e. The third-order valence-corrected chi connectivity index (χ3v) is 4.07. The number of carbonyl (C=O) groups is 1. The van der Waals surface area contributed by atoms with Gasteiger partial charge in [0.15, 0.2) is 0 Å². The molecule has 0 bridgehead atoms. The molecule has 3 rings (SSSR count). The summed E-state index contributed by atoms with van der Waals surface area (Å²) in [5.74, 6) is 11.5. The zero-order chi connectivity index (χ0) is 18.0. The molecule has 6 N–H and O–H groups in total. The number of hydrogen-bond acceptors (Lipinski definition) is 5. The van der Waals surface area contributed by atoms with Crippen LogP contribution in [0, 0.1) is 0 Å². The molecule has 0 fully saturated rings. The predicted molar refractivity (Wildman–Crippen MR) is 96.8 cm³/mol. The molecule has 0 saturated heterocycles. The molecule has 0 aliphatic carbocycles. The molecule has 0 saturated carbocycles. The number of hydrogen-bond donors (Lipinski definition) is 4. The van der Waals surface area contributed by atoms with Crippen LogP contribution in [0.2, 0.25) is 0 Å². The quantitative estimate of drug-likeness (QED) is 0.368. The summed E-state index contributed by atoms with van der Waals surface area (Å²) in [5, 5.41) is 15.7. The van der Waals surface area contributed by atoms with E-state index < -0.39 is 0 Å². The van der Waals surface area contributed by atoms with E-state index >= 15 is 0 Å². The highest BCUT2D eigenvalue weighted by Crippen LogP contribution is 2.22. The third-order valence-electron chi connectivity index (χ3n) is 4.07. The largest absolute Gasteiger partial charge is 0.322 e. The summed E-state index contributed by atoms with van der Waals surface area (Å²) in [6.45, 7) is 6.19. The van der Waals surface area contributed by atoms with Crippen molar-refractivity contribution < 1.29 is 4.79 Å². The first-order chi connectivity index (χ1) is 12.0. The fourth-order valence-electron chi connectivity index (χ4n) is 2.78. The molecule has 2 aromatic rings. The van der Waals surface area contributed by atoms with Gasteiger partial charge in [-0.25, -0.2) is 5.84 Å². The molecule has 130 valence electrons. The molecule has 1 aliphatic heterocycles. The van der Waals surface area contributed by atoms with Crippen molar-refractivity contribution in [2.24, 2.45) is 16.8 Å². The number of rotatable bonds is 4. The van der Waals surface area contributed by atoms with E-state index in [9.17, 15) is 4.79 Å². The lowest BCUT2D eigenvalue weighted by molar-refractivity contribution is -0.113. The van der Waals surface area contributed by atoms with Gasteiger partial charge in [-0.3, -0.25) is 14.9 Å². The van der Waals surface area contributed by atoms with Crippen LogP contribution in [0.25, 0.3) is 10.9 Å². The fourth-order valence-corrected chi connectivity index (χ4v) is 2.78. The van der Waals surface area contributed by atoms with E-state index in [2.05, 4.69) is 27.2 Å². The minimum Gasteiger partial charge on any atom is -0.322 e. The van der Waals surface area contributed by atoms with Crippen molar-refractivity contribution in [2.75, 3.05) is 18.4 Å². The van der Waals surface area contributed by atoms with Gasteiger partial charge >= 0.3 is 0 Å². The first kappa shape index (κ1) is 16.5. The summed E-state index contributed by atoms with van der Waals surface area (Å²) in [6.07, 6.45) is 3.39. The molecule has 2 heterocycles. The minimum atomic E-state index is -0.235. The molecule has 0 atom stereocenters. The molecular weight excluding hydrogens is 320 g/mol. The van der Waals surface area contributed by atoms with Gasteiger partial charge in [-0.1, -0.05) is 6.08 Å². The van der Waals surface area contributed by atoms with Crippen LogP contribution in [0.1, 0.15) is 6.92 Å². The van der Waals surface area contributed by atoms with Crippen LogP contribution in [-0.2, 0) is 4.79 Å². The lowest BCUT2D eigenvalue weighted by atomic mass is 10.1. The minimum absolute atomic E-state index is 0.204. The zero-order valence-electron chi connectivity index (χ0n) is 13.9. The number of allylic oxidation sites excluding steroid dienone is 1. The second kappa shape index (κ2) is 6.65. The second-order valence-corrected chi connectivity index (χ2v) is 5.65. The number of H-pyrrole nitrogens is 1. The number of nitrogens with two attached hydrogens (primary N) is 2. The maximum absolute atomic E-state index is 12.7. The molecule has 0 radical (unpaired) electrons. The third kappa shape index (κ3) is 3.04. The topological polar surface area (TPSA) is 129 Å². The first-order valence-corrected chi connectivity index (χ1v) is 7.68. The maximum atomic E-state index is 12.7. The van der Waals surface area contributed by atoms with Crippen molar-refractivity contribution in [3.8, 4) is 0 Å². The summed E-state index contributed by atoms with van der Waals surface area (Å²) in [5.41, 5.74) is 2.84. The van der Waals surface area contributed by atoms with Crippen molar-refractivity contribution in [1.82, 2.24) is 20.1 Å². The van der Waals surface area contributed by atoms with E-state index in [0.29, 0.717) is 23.8 Å². The molecule has 9 nitrogen and oxygen atoms in total. The molecular formula is C16H20N8O. The fraction of sp³-hybridized carbons (Fsp3) is 0.188. The standard InChI is InChI=1S/C16H20N8O/c1-3-6-23-10(2)13(9-24(18)16(23)21-17)15(25)20-12-4-5-14-11(7-12)8-19-22-14/h3-5,7-8H,1,6,9,17-18H2,2H3,(H,19,22)(H,20,25)/b21-16-. The first-order valence-electron chi connectivity index (χ1n) is 7.68. The predicted octanol–water partition coefficient (Wildman–Crippen LogP) is 0.682. The summed E-state index contributed by atoms with van der Waals surface area (Å²) in [6, 6.07) is 5.52. The van der Waals surface area contributed by atoms with E-state index in [1.807, 2.05) is 25.1 Å². The average Bonchev–Trinajstić information content (AvgIpc) is 3.05. The van der Waals surface area contributed by atoms with E-state index in [-0.39, 0.29) is 12.5 Å². The summed E-state index contributed by atoms with van der Waals surface area (Å²) in [7, 11) is 0. The highest BCUT2D eigenvalue weighted by atomic mass is 16.1. The number of aromatic nitrogens is 2. The van der Waals surface area contributed by atoms with Crippen LogP contribution in [-0.4, -0.2) is 45.1 Å². The van der Waals surface area contributed by atoms with Gasteiger partial charge in [0.25, 0.3) is 5.91 Å². The zero-order valence-corrected chi connectivity index (χ0v) is 13.9. The van der Waals surface area contributed by atoms with Gasteiger partial charge < -0.3 is 16.1 Å². The van der Waals surface area contributed by atoms with Gasteiger partial charge in [0.1, 0.15) is 0 Å².